The summed E-state index contributed by atoms with van der Waals surface area (Å²) in [4.78, 5) is 28.8. The maximum absolute atomic E-state index is 10.2. The van der Waals surface area contributed by atoms with E-state index in [-0.39, 0.29) is 6.42 Å². The number of hydrogen-bond donors (Lipinski definition) is 2. The van der Waals surface area contributed by atoms with E-state index in [0.717, 1.165) is 6.29 Å². The second-order valence-electron chi connectivity index (χ2n) is 1.83. The van der Waals surface area contributed by atoms with Crippen LogP contribution in [0.2, 0.25) is 0 Å². The minimum Gasteiger partial charge on any atom is -0.475 e. The SMILES string of the molecule is CC=O.CCC(O)C(=O)C(=O)O. The van der Waals surface area contributed by atoms with Crippen LogP contribution in [0.4, 0.5) is 0 Å². The van der Waals surface area contributed by atoms with Crippen LogP contribution in [0.25, 0.3) is 0 Å². The Morgan fingerprint density at radius 2 is 1.83 bits per heavy atom. The summed E-state index contributed by atoms with van der Waals surface area (Å²) in [6, 6.07) is 0. The minimum absolute atomic E-state index is 0.144. The number of hydrogen-bond acceptors (Lipinski definition) is 4. The highest BCUT2D eigenvalue weighted by Crippen LogP contribution is 1.90. The van der Waals surface area contributed by atoms with E-state index in [2.05, 4.69) is 0 Å². The molecule has 0 aliphatic carbocycles. The Kier molecular flexibility index (Phi) is 8.77. The van der Waals surface area contributed by atoms with Gasteiger partial charge in [-0.2, -0.15) is 0 Å². The van der Waals surface area contributed by atoms with Gasteiger partial charge in [-0.3, -0.25) is 4.79 Å². The Bertz CT molecular complexity index is 163. The molecule has 0 rings (SSSR count). The average molecular weight is 176 g/mol. The van der Waals surface area contributed by atoms with Crippen molar-refractivity contribution in [2.24, 2.45) is 0 Å². The number of aliphatic hydroxyl groups is 1. The lowest BCUT2D eigenvalue weighted by molar-refractivity contribution is -0.153. The van der Waals surface area contributed by atoms with Crippen molar-refractivity contribution >= 4 is 18.0 Å². The van der Waals surface area contributed by atoms with Crippen LogP contribution in [0.3, 0.4) is 0 Å². The first kappa shape index (κ1) is 13.4. The van der Waals surface area contributed by atoms with Gasteiger partial charge >= 0.3 is 5.97 Å². The second kappa shape index (κ2) is 7.87. The molecule has 5 nitrogen and oxygen atoms in total. The van der Waals surface area contributed by atoms with Crippen LogP contribution in [0.1, 0.15) is 20.3 Å². The van der Waals surface area contributed by atoms with Crippen LogP contribution in [0.15, 0.2) is 0 Å². The Hall–Kier alpha value is -1.23. The standard InChI is InChI=1S/C5H8O4.C2H4O/c1-2-3(6)4(7)5(8)9;1-2-3/h3,6H,2H2,1H3,(H,8,9);2H,1H3. The molecule has 12 heavy (non-hydrogen) atoms. The lowest BCUT2D eigenvalue weighted by atomic mass is 10.2. The molecular formula is C7H12O5. The van der Waals surface area contributed by atoms with E-state index in [4.69, 9.17) is 15.0 Å². The predicted octanol–water partition coefficient (Wildman–Crippen LogP) is -0.384. The van der Waals surface area contributed by atoms with E-state index in [1.807, 2.05) is 0 Å². The molecule has 0 aromatic rings. The molecule has 5 heteroatoms. The summed E-state index contributed by atoms with van der Waals surface area (Å²) >= 11 is 0. The molecule has 1 atom stereocenters. The van der Waals surface area contributed by atoms with Crippen molar-refractivity contribution in [3.63, 3.8) is 0 Å². The number of carbonyl (C=O) groups is 3. The van der Waals surface area contributed by atoms with Crippen LogP contribution in [0.5, 0.6) is 0 Å². The summed E-state index contributed by atoms with van der Waals surface area (Å²) in [5.41, 5.74) is 0. The van der Waals surface area contributed by atoms with Gasteiger partial charge in [0, 0.05) is 0 Å². The van der Waals surface area contributed by atoms with Crippen molar-refractivity contribution in [2.75, 3.05) is 0 Å². The van der Waals surface area contributed by atoms with Gasteiger partial charge in [-0.1, -0.05) is 6.92 Å². The van der Waals surface area contributed by atoms with Gasteiger partial charge in [-0.25, -0.2) is 4.79 Å². The Balaban J connectivity index is 0. The monoisotopic (exact) mass is 176 g/mol. The van der Waals surface area contributed by atoms with E-state index in [1.54, 1.807) is 0 Å². The zero-order valence-electron chi connectivity index (χ0n) is 6.98. The number of ketones is 1. The summed E-state index contributed by atoms with van der Waals surface area (Å²) in [6.45, 7) is 2.98. The van der Waals surface area contributed by atoms with Crippen molar-refractivity contribution in [1.29, 1.82) is 0 Å². The number of Topliss-reactive ketones (excluding diaryl/α,β-unsaturated/α-hetero) is 1. The maximum Gasteiger partial charge on any atom is 0.374 e. The quantitative estimate of drug-likeness (QED) is 0.451. The Morgan fingerprint density at radius 3 is 1.92 bits per heavy atom. The molecule has 0 amide bonds. The van der Waals surface area contributed by atoms with Gasteiger partial charge in [-0.05, 0) is 13.3 Å². The third-order valence-corrected chi connectivity index (χ3v) is 0.900. The smallest absolute Gasteiger partial charge is 0.374 e. The molecule has 0 heterocycles. The molecule has 0 aliphatic rings. The molecule has 0 aliphatic heterocycles. The number of aliphatic carboxylic acids is 1. The van der Waals surface area contributed by atoms with Gasteiger partial charge in [0.1, 0.15) is 12.4 Å². The van der Waals surface area contributed by atoms with E-state index in [1.165, 1.54) is 13.8 Å². The molecule has 0 aromatic heterocycles. The third kappa shape index (κ3) is 6.88. The molecule has 0 spiro atoms. The van der Waals surface area contributed by atoms with Crippen molar-refractivity contribution in [3.8, 4) is 0 Å². The average Bonchev–Trinajstić information content (AvgIpc) is 2.03. The Morgan fingerprint density at radius 1 is 1.50 bits per heavy atom. The fraction of sp³-hybridized carbons (Fsp3) is 0.571. The summed E-state index contributed by atoms with van der Waals surface area (Å²) in [7, 11) is 0. The number of carboxylic acids is 1. The summed E-state index contributed by atoms with van der Waals surface area (Å²) in [5.74, 6) is -2.72. The normalized spacial score (nSPS) is 10.6. The van der Waals surface area contributed by atoms with Gasteiger partial charge in [0.05, 0.1) is 0 Å². The zero-order valence-corrected chi connectivity index (χ0v) is 6.98. The van der Waals surface area contributed by atoms with Gasteiger partial charge < -0.3 is 15.0 Å². The number of carbonyl (C=O) groups excluding carboxylic acids is 2. The molecular weight excluding hydrogens is 164 g/mol. The molecule has 0 aromatic carbocycles. The predicted molar refractivity (Wildman–Crippen MR) is 40.7 cm³/mol. The first-order valence-corrected chi connectivity index (χ1v) is 3.36. The van der Waals surface area contributed by atoms with E-state index in [0.29, 0.717) is 0 Å². The fourth-order valence-electron chi connectivity index (χ4n) is 0.328. The first-order valence-electron chi connectivity index (χ1n) is 3.36. The van der Waals surface area contributed by atoms with Crippen LogP contribution in [-0.2, 0) is 14.4 Å². The minimum atomic E-state index is -1.58. The number of aldehydes is 1. The van der Waals surface area contributed by atoms with Crippen LogP contribution >= 0.6 is 0 Å². The van der Waals surface area contributed by atoms with Crippen molar-refractivity contribution in [3.05, 3.63) is 0 Å². The van der Waals surface area contributed by atoms with Crippen molar-refractivity contribution < 1.29 is 24.6 Å². The lowest BCUT2D eigenvalue weighted by Gasteiger charge is -1.99. The molecule has 0 saturated heterocycles. The number of aliphatic hydroxyl groups excluding tert-OH is 1. The van der Waals surface area contributed by atoms with E-state index < -0.39 is 17.9 Å². The molecule has 1 unspecified atom stereocenters. The van der Waals surface area contributed by atoms with Gasteiger partial charge in [0.25, 0.3) is 5.78 Å². The molecule has 0 saturated carbocycles. The summed E-state index contributed by atoms with van der Waals surface area (Å²) < 4.78 is 0. The van der Waals surface area contributed by atoms with Crippen molar-refractivity contribution in [1.82, 2.24) is 0 Å². The first-order chi connectivity index (χ1) is 5.51. The van der Waals surface area contributed by atoms with Gasteiger partial charge in [0.2, 0.25) is 0 Å². The Labute approximate surface area is 70.0 Å². The number of rotatable bonds is 3. The third-order valence-electron chi connectivity index (χ3n) is 0.900. The second-order valence-corrected chi connectivity index (χ2v) is 1.83. The summed E-state index contributed by atoms with van der Waals surface area (Å²) in [5, 5.41) is 16.5. The van der Waals surface area contributed by atoms with Gasteiger partial charge in [-0.15, -0.1) is 0 Å². The highest BCUT2D eigenvalue weighted by Gasteiger charge is 2.19. The largest absolute Gasteiger partial charge is 0.475 e. The van der Waals surface area contributed by atoms with Crippen molar-refractivity contribution in [2.45, 2.75) is 26.4 Å². The fourth-order valence-corrected chi connectivity index (χ4v) is 0.328. The highest BCUT2D eigenvalue weighted by molar-refractivity contribution is 6.34. The highest BCUT2D eigenvalue weighted by atomic mass is 16.4. The van der Waals surface area contributed by atoms with Crippen LogP contribution in [-0.4, -0.2) is 34.4 Å². The van der Waals surface area contributed by atoms with E-state index >= 15 is 0 Å². The molecule has 0 radical (unpaired) electrons. The molecule has 70 valence electrons. The van der Waals surface area contributed by atoms with E-state index in [9.17, 15) is 9.59 Å². The van der Waals surface area contributed by atoms with Gasteiger partial charge in [0.15, 0.2) is 0 Å². The summed E-state index contributed by atoms with van der Waals surface area (Å²) in [6.07, 6.45) is -0.451. The van der Waals surface area contributed by atoms with Crippen LogP contribution in [0, 0.1) is 0 Å². The topological polar surface area (TPSA) is 91.7 Å². The lowest BCUT2D eigenvalue weighted by Crippen LogP contribution is -2.27. The molecule has 0 bridgehead atoms. The molecule has 0 fully saturated rings. The van der Waals surface area contributed by atoms with Crippen LogP contribution < -0.4 is 0 Å². The zero-order chi connectivity index (χ0) is 10.1. The maximum atomic E-state index is 10.2. The molecule has 2 N–H and O–H groups in total. The number of carboxylic acid groups (broad SMARTS) is 1.